The fourth-order valence-electron chi connectivity index (χ4n) is 4.41. The van der Waals surface area contributed by atoms with Crippen LogP contribution in [-0.2, 0) is 7.05 Å². The van der Waals surface area contributed by atoms with Crippen molar-refractivity contribution < 1.29 is 4.39 Å². The molecule has 0 spiro atoms. The van der Waals surface area contributed by atoms with Gasteiger partial charge in [0.1, 0.15) is 11.6 Å². The number of benzene rings is 2. The molecule has 0 aliphatic carbocycles. The van der Waals surface area contributed by atoms with Crippen molar-refractivity contribution in [2.45, 2.75) is 25.8 Å². The van der Waals surface area contributed by atoms with Gasteiger partial charge in [-0.15, -0.1) is 0 Å². The highest BCUT2D eigenvalue weighted by Gasteiger charge is 2.21. The number of rotatable bonds is 4. The average molecular weight is 446 g/mol. The molecule has 0 radical (unpaired) electrons. The molecule has 170 valence electrons. The van der Waals surface area contributed by atoms with Crippen molar-refractivity contribution in [1.29, 1.82) is 0 Å². The van der Waals surface area contributed by atoms with Gasteiger partial charge >= 0.3 is 0 Å². The van der Waals surface area contributed by atoms with E-state index in [1.807, 2.05) is 38.4 Å². The molecule has 1 aliphatic rings. The first-order valence-corrected chi connectivity index (χ1v) is 11.2. The van der Waals surface area contributed by atoms with Gasteiger partial charge in [-0.1, -0.05) is 12.1 Å². The number of nitrogens with one attached hydrogen (secondary N) is 1. The van der Waals surface area contributed by atoms with Crippen LogP contribution < -0.4 is 16.0 Å². The van der Waals surface area contributed by atoms with Crippen LogP contribution in [0.4, 0.5) is 16.0 Å². The normalized spacial score (nSPS) is 14.8. The number of piperidine rings is 1. The summed E-state index contributed by atoms with van der Waals surface area (Å²) < 4.78 is 16.7. The Morgan fingerprint density at radius 1 is 1.06 bits per heavy atom. The molecule has 7 nitrogen and oxygen atoms in total. The molecule has 0 unspecified atom stereocenters. The zero-order chi connectivity index (χ0) is 23.1. The maximum atomic E-state index is 14.7. The molecule has 3 N–H and O–H groups in total. The maximum Gasteiger partial charge on any atom is 0.225 e. The number of fused-ring (bicyclic) bond motifs is 1. The highest BCUT2D eigenvalue weighted by Crippen LogP contribution is 2.34. The van der Waals surface area contributed by atoms with E-state index < -0.39 is 0 Å². The number of hydrogen-bond acceptors (Lipinski definition) is 6. The number of aryl methyl sites for hydroxylation is 2. The fraction of sp³-hybridized carbons (Fsp3) is 0.320. The van der Waals surface area contributed by atoms with E-state index >= 15 is 0 Å². The second-order valence-corrected chi connectivity index (χ2v) is 8.62. The van der Waals surface area contributed by atoms with Crippen LogP contribution in [0.2, 0.25) is 0 Å². The van der Waals surface area contributed by atoms with Gasteiger partial charge in [-0.3, -0.25) is 0 Å². The third kappa shape index (κ3) is 3.91. The Hall–Kier alpha value is -3.52. The Bertz CT molecular complexity index is 1320. The Morgan fingerprint density at radius 3 is 2.55 bits per heavy atom. The monoisotopic (exact) mass is 445 g/mol. The van der Waals surface area contributed by atoms with E-state index in [-0.39, 0.29) is 11.9 Å². The lowest BCUT2D eigenvalue weighted by atomic mass is 10.00. The van der Waals surface area contributed by atoms with Crippen LogP contribution in [0.1, 0.15) is 18.7 Å². The van der Waals surface area contributed by atoms with Crippen LogP contribution in [-0.4, -0.2) is 45.7 Å². The quantitative estimate of drug-likeness (QED) is 0.492. The van der Waals surface area contributed by atoms with Crippen molar-refractivity contribution in [3.8, 4) is 22.4 Å². The minimum absolute atomic E-state index is 0.219. The Kier molecular flexibility index (Phi) is 5.46. The lowest BCUT2D eigenvalue weighted by Crippen LogP contribution is -2.40. The van der Waals surface area contributed by atoms with Gasteiger partial charge in [0.15, 0.2) is 0 Å². The summed E-state index contributed by atoms with van der Waals surface area (Å²) >= 11 is 0. The average Bonchev–Trinajstić information content (AvgIpc) is 3.12. The van der Waals surface area contributed by atoms with Gasteiger partial charge < -0.3 is 20.5 Å². The van der Waals surface area contributed by atoms with Gasteiger partial charge in [-0.05, 0) is 49.6 Å². The van der Waals surface area contributed by atoms with Crippen LogP contribution in [0.25, 0.3) is 33.4 Å². The smallest absolute Gasteiger partial charge is 0.225 e. The molecule has 4 aromatic rings. The molecule has 0 bridgehead atoms. The summed E-state index contributed by atoms with van der Waals surface area (Å²) in [6, 6.07) is 11.5. The first-order valence-electron chi connectivity index (χ1n) is 11.2. The summed E-state index contributed by atoms with van der Waals surface area (Å²) in [5.41, 5.74) is 11.7. The SMILES string of the molecule is CNc1ccc(-c2nc(N3CCC(N)CC3)ncc2-c2ccc3c(c2)nc(C)n3C)cc1F. The number of aromatic nitrogens is 4. The van der Waals surface area contributed by atoms with E-state index in [2.05, 4.69) is 25.8 Å². The predicted octanol–water partition coefficient (Wildman–Crippen LogP) is 4.11. The van der Waals surface area contributed by atoms with Crippen LogP contribution in [0.15, 0.2) is 42.6 Å². The molecule has 8 heteroatoms. The van der Waals surface area contributed by atoms with Crippen molar-refractivity contribution in [3.05, 3.63) is 54.2 Å². The van der Waals surface area contributed by atoms with Crippen molar-refractivity contribution >= 4 is 22.7 Å². The highest BCUT2D eigenvalue weighted by atomic mass is 19.1. The zero-order valence-corrected chi connectivity index (χ0v) is 19.1. The summed E-state index contributed by atoms with van der Waals surface area (Å²) in [5, 5.41) is 2.88. The molecule has 3 heterocycles. The van der Waals surface area contributed by atoms with Gasteiger partial charge in [0.25, 0.3) is 0 Å². The number of nitrogens with two attached hydrogens (primary N) is 1. The molecule has 2 aromatic heterocycles. The van der Waals surface area contributed by atoms with Crippen LogP contribution in [0.5, 0.6) is 0 Å². The van der Waals surface area contributed by atoms with Gasteiger partial charge in [-0.2, -0.15) is 0 Å². The van der Waals surface area contributed by atoms with Gasteiger partial charge in [0, 0.05) is 50.6 Å². The summed E-state index contributed by atoms with van der Waals surface area (Å²) in [6.45, 7) is 3.61. The third-order valence-corrected chi connectivity index (χ3v) is 6.53. The van der Waals surface area contributed by atoms with E-state index in [4.69, 9.17) is 15.7 Å². The summed E-state index contributed by atoms with van der Waals surface area (Å²) in [5.74, 6) is 1.27. The predicted molar refractivity (Wildman–Crippen MR) is 131 cm³/mol. The molecule has 1 fully saturated rings. The van der Waals surface area contributed by atoms with Crippen molar-refractivity contribution in [3.63, 3.8) is 0 Å². The van der Waals surface area contributed by atoms with E-state index in [1.54, 1.807) is 13.1 Å². The summed E-state index contributed by atoms with van der Waals surface area (Å²) in [6.07, 6.45) is 3.65. The van der Waals surface area contributed by atoms with E-state index in [0.29, 0.717) is 22.9 Å². The second-order valence-electron chi connectivity index (χ2n) is 8.62. The third-order valence-electron chi connectivity index (χ3n) is 6.53. The minimum atomic E-state index is -0.319. The van der Waals surface area contributed by atoms with Gasteiger partial charge in [0.2, 0.25) is 5.95 Å². The number of hydrogen-bond donors (Lipinski definition) is 2. The van der Waals surface area contributed by atoms with Gasteiger partial charge in [0.05, 0.1) is 22.4 Å². The maximum absolute atomic E-state index is 14.7. The van der Waals surface area contributed by atoms with Crippen molar-refractivity contribution in [1.82, 2.24) is 19.5 Å². The fourth-order valence-corrected chi connectivity index (χ4v) is 4.41. The van der Waals surface area contributed by atoms with Crippen LogP contribution in [0, 0.1) is 12.7 Å². The van der Waals surface area contributed by atoms with Crippen LogP contribution >= 0.6 is 0 Å². The zero-order valence-electron chi connectivity index (χ0n) is 19.1. The number of halogens is 1. The molecule has 2 aromatic carbocycles. The Morgan fingerprint density at radius 2 is 1.82 bits per heavy atom. The Labute approximate surface area is 192 Å². The first kappa shape index (κ1) is 21.3. The molecular formula is C25H28FN7. The minimum Gasteiger partial charge on any atom is -0.386 e. The van der Waals surface area contributed by atoms with Crippen molar-refractivity contribution in [2.24, 2.45) is 12.8 Å². The lowest BCUT2D eigenvalue weighted by molar-refractivity contribution is 0.495. The van der Waals surface area contributed by atoms with E-state index in [0.717, 1.165) is 53.9 Å². The van der Waals surface area contributed by atoms with Crippen LogP contribution in [0.3, 0.4) is 0 Å². The molecule has 0 amide bonds. The van der Waals surface area contributed by atoms with Gasteiger partial charge in [-0.25, -0.2) is 19.3 Å². The molecule has 0 atom stereocenters. The summed E-state index contributed by atoms with van der Waals surface area (Å²) in [4.78, 5) is 16.4. The topological polar surface area (TPSA) is 84.9 Å². The molecule has 0 saturated carbocycles. The number of nitrogens with zero attached hydrogens (tertiary/aromatic N) is 5. The molecule has 1 saturated heterocycles. The molecule has 33 heavy (non-hydrogen) atoms. The first-order chi connectivity index (χ1) is 15.9. The Balaban J connectivity index is 1.64. The standard InChI is InChI=1S/C25H28FN7/c1-15-30-22-13-16(5-7-23(22)32(15)3)19-14-29-25(33-10-8-18(27)9-11-33)31-24(19)17-4-6-21(28-2)20(26)12-17/h4-7,12-14,18,28H,8-11,27H2,1-3H3. The van der Waals surface area contributed by atoms with E-state index in [9.17, 15) is 4.39 Å². The highest BCUT2D eigenvalue weighted by molar-refractivity contribution is 5.87. The summed E-state index contributed by atoms with van der Waals surface area (Å²) in [7, 11) is 3.71. The van der Waals surface area contributed by atoms with Crippen molar-refractivity contribution in [2.75, 3.05) is 30.4 Å². The number of imidazole rings is 1. The largest absolute Gasteiger partial charge is 0.386 e. The number of anilines is 2. The lowest BCUT2D eigenvalue weighted by Gasteiger charge is -2.30. The van der Waals surface area contributed by atoms with E-state index in [1.165, 1.54) is 6.07 Å². The molecular weight excluding hydrogens is 417 g/mol. The molecule has 5 rings (SSSR count). The molecule has 1 aliphatic heterocycles. The second kappa shape index (κ2) is 8.44.